The van der Waals surface area contributed by atoms with Gasteiger partial charge >= 0.3 is 0 Å². The molecule has 0 radical (unpaired) electrons. The molecule has 0 bridgehead atoms. The topological polar surface area (TPSA) is 55.5 Å². The number of rotatable bonds is 4. The van der Waals surface area contributed by atoms with Crippen LogP contribution in [-0.4, -0.2) is 25.4 Å². The van der Waals surface area contributed by atoms with E-state index in [-0.39, 0.29) is 6.61 Å². The molecule has 0 amide bonds. The van der Waals surface area contributed by atoms with Crippen molar-refractivity contribution in [1.29, 1.82) is 0 Å². The third kappa shape index (κ3) is 2.33. The lowest BCUT2D eigenvalue weighted by atomic mass is 9.83. The predicted octanol–water partition coefficient (Wildman–Crippen LogP) is 1.67. The molecule has 84 valence electrons. The van der Waals surface area contributed by atoms with Crippen molar-refractivity contribution in [2.45, 2.75) is 12.3 Å². The van der Waals surface area contributed by atoms with Crippen LogP contribution in [-0.2, 0) is 5.41 Å². The molecule has 4 heteroatoms. The summed E-state index contributed by atoms with van der Waals surface area (Å²) in [6.45, 7) is 2.28. The molecule has 0 fully saturated rings. The van der Waals surface area contributed by atoms with Gasteiger partial charge in [0.1, 0.15) is 5.75 Å². The summed E-state index contributed by atoms with van der Waals surface area (Å²) < 4.78 is 6.18. The molecule has 3 N–H and O–H groups in total. The van der Waals surface area contributed by atoms with E-state index in [1.807, 2.05) is 25.1 Å². The second-order valence-electron chi connectivity index (χ2n) is 3.74. The predicted molar refractivity (Wildman–Crippen MR) is 64.2 cm³/mol. The standard InChI is InChI=1S/C11H16BrNO2/c1-11(6-13,7-14)8-4-3-5-9(12)10(8)15-2/h3-5,14H,6-7,13H2,1-2H3. The summed E-state index contributed by atoms with van der Waals surface area (Å²) in [6.07, 6.45) is 0. The molecule has 1 aromatic rings. The summed E-state index contributed by atoms with van der Waals surface area (Å²) in [5.74, 6) is 0.736. The van der Waals surface area contributed by atoms with Crippen LogP contribution in [0.2, 0.25) is 0 Å². The molecule has 1 aromatic carbocycles. The molecule has 0 aromatic heterocycles. The van der Waals surface area contributed by atoms with E-state index >= 15 is 0 Å². The van der Waals surface area contributed by atoms with Crippen LogP contribution in [0.15, 0.2) is 22.7 Å². The number of hydrogen-bond donors (Lipinski definition) is 2. The quantitative estimate of drug-likeness (QED) is 0.878. The van der Waals surface area contributed by atoms with Crippen molar-refractivity contribution in [2.75, 3.05) is 20.3 Å². The minimum atomic E-state index is -0.463. The van der Waals surface area contributed by atoms with Crippen LogP contribution < -0.4 is 10.5 Å². The zero-order valence-corrected chi connectivity index (χ0v) is 10.5. The maximum atomic E-state index is 9.40. The number of halogens is 1. The minimum Gasteiger partial charge on any atom is -0.495 e. The van der Waals surface area contributed by atoms with Gasteiger partial charge in [-0.25, -0.2) is 0 Å². The molecule has 0 saturated heterocycles. The van der Waals surface area contributed by atoms with Crippen LogP contribution in [0, 0.1) is 0 Å². The van der Waals surface area contributed by atoms with Crippen molar-refractivity contribution < 1.29 is 9.84 Å². The van der Waals surface area contributed by atoms with Crippen LogP contribution >= 0.6 is 15.9 Å². The van der Waals surface area contributed by atoms with Gasteiger partial charge in [-0.05, 0) is 22.0 Å². The van der Waals surface area contributed by atoms with Crippen molar-refractivity contribution in [3.05, 3.63) is 28.2 Å². The minimum absolute atomic E-state index is 0.00366. The second-order valence-corrected chi connectivity index (χ2v) is 4.60. The number of para-hydroxylation sites is 1. The van der Waals surface area contributed by atoms with Gasteiger partial charge in [-0.15, -0.1) is 0 Å². The van der Waals surface area contributed by atoms with Crippen LogP contribution in [0.4, 0.5) is 0 Å². The Kier molecular flexibility index (Phi) is 4.13. The first-order valence-corrected chi connectivity index (χ1v) is 5.52. The molecular formula is C11H16BrNO2. The van der Waals surface area contributed by atoms with Gasteiger partial charge in [-0.2, -0.15) is 0 Å². The maximum Gasteiger partial charge on any atom is 0.136 e. The zero-order valence-electron chi connectivity index (χ0n) is 8.96. The molecule has 1 unspecified atom stereocenters. The van der Waals surface area contributed by atoms with Gasteiger partial charge in [-0.3, -0.25) is 0 Å². The van der Waals surface area contributed by atoms with Crippen molar-refractivity contribution in [3.63, 3.8) is 0 Å². The Balaban J connectivity index is 3.29. The van der Waals surface area contributed by atoms with Gasteiger partial charge in [0.05, 0.1) is 18.2 Å². The molecule has 1 atom stereocenters. The van der Waals surface area contributed by atoms with Crippen LogP contribution in [0.5, 0.6) is 5.75 Å². The molecule has 1 rings (SSSR count). The number of aliphatic hydroxyl groups is 1. The highest BCUT2D eigenvalue weighted by Crippen LogP contribution is 2.36. The normalized spacial score (nSPS) is 14.7. The number of hydrogen-bond acceptors (Lipinski definition) is 3. The van der Waals surface area contributed by atoms with Crippen molar-refractivity contribution in [2.24, 2.45) is 5.73 Å². The summed E-state index contributed by atoms with van der Waals surface area (Å²) >= 11 is 3.41. The van der Waals surface area contributed by atoms with Gasteiger partial charge in [0.2, 0.25) is 0 Å². The van der Waals surface area contributed by atoms with E-state index in [0.29, 0.717) is 6.54 Å². The van der Waals surface area contributed by atoms with Crippen LogP contribution in [0.1, 0.15) is 12.5 Å². The average Bonchev–Trinajstić information content (AvgIpc) is 2.27. The van der Waals surface area contributed by atoms with E-state index in [1.165, 1.54) is 0 Å². The average molecular weight is 274 g/mol. The lowest BCUT2D eigenvalue weighted by Crippen LogP contribution is -2.35. The van der Waals surface area contributed by atoms with Crippen molar-refractivity contribution >= 4 is 15.9 Å². The number of methoxy groups -OCH3 is 1. The largest absolute Gasteiger partial charge is 0.495 e. The maximum absolute atomic E-state index is 9.40. The van der Waals surface area contributed by atoms with Crippen molar-refractivity contribution in [3.8, 4) is 5.75 Å². The van der Waals surface area contributed by atoms with Gasteiger partial charge in [-0.1, -0.05) is 19.1 Å². The summed E-state index contributed by atoms with van der Waals surface area (Å²) in [6, 6.07) is 5.73. The van der Waals surface area contributed by atoms with E-state index in [9.17, 15) is 5.11 Å². The fraction of sp³-hybridized carbons (Fsp3) is 0.455. The van der Waals surface area contributed by atoms with E-state index in [1.54, 1.807) is 7.11 Å². The van der Waals surface area contributed by atoms with E-state index in [4.69, 9.17) is 10.5 Å². The van der Waals surface area contributed by atoms with Crippen molar-refractivity contribution in [1.82, 2.24) is 0 Å². The smallest absolute Gasteiger partial charge is 0.136 e. The molecular weight excluding hydrogens is 258 g/mol. The SMILES string of the molecule is COc1c(Br)cccc1C(C)(CN)CO. The first kappa shape index (κ1) is 12.5. The van der Waals surface area contributed by atoms with Gasteiger partial charge in [0.15, 0.2) is 0 Å². The summed E-state index contributed by atoms with van der Waals surface area (Å²) in [4.78, 5) is 0. The molecule has 0 aliphatic carbocycles. The lowest BCUT2D eigenvalue weighted by Gasteiger charge is -2.28. The highest BCUT2D eigenvalue weighted by molar-refractivity contribution is 9.10. The monoisotopic (exact) mass is 273 g/mol. The molecule has 0 aliphatic heterocycles. The number of benzene rings is 1. The van der Waals surface area contributed by atoms with Crippen LogP contribution in [0.3, 0.4) is 0 Å². The highest BCUT2D eigenvalue weighted by Gasteiger charge is 2.28. The third-order valence-electron chi connectivity index (χ3n) is 2.62. The van der Waals surface area contributed by atoms with Gasteiger partial charge in [0, 0.05) is 17.5 Å². The number of aliphatic hydroxyl groups excluding tert-OH is 1. The van der Waals surface area contributed by atoms with E-state index in [2.05, 4.69) is 15.9 Å². The Morgan fingerprint density at radius 1 is 1.53 bits per heavy atom. The third-order valence-corrected chi connectivity index (χ3v) is 3.25. The first-order valence-electron chi connectivity index (χ1n) is 4.73. The van der Waals surface area contributed by atoms with E-state index < -0.39 is 5.41 Å². The fourth-order valence-corrected chi connectivity index (χ4v) is 1.98. The Labute approximate surface area is 98.4 Å². The molecule has 0 spiro atoms. The van der Waals surface area contributed by atoms with Crippen LogP contribution in [0.25, 0.3) is 0 Å². The van der Waals surface area contributed by atoms with Gasteiger partial charge in [0.25, 0.3) is 0 Å². The molecule has 0 saturated carbocycles. The fourth-order valence-electron chi connectivity index (χ4n) is 1.45. The number of ether oxygens (including phenoxy) is 1. The molecule has 0 heterocycles. The number of nitrogens with two attached hydrogens (primary N) is 1. The highest BCUT2D eigenvalue weighted by atomic mass is 79.9. The summed E-state index contributed by atoms with van der Waals surface area (Å²) in [5, 5.41) is 9.40. The Hall–Kier alpha value is -0.580. The first-order chi connectivity index (χ1) is 7.09. The Morgan fingerprint density at radius 2 is 2.20 bits per heavy atom. The summed E-state index contributed by atoms with van der Waals surface area (Å²) in [7, 11) is 1.61. The molecule has 0 aliphatic rings. The lowest BCUT2D eigenvalue weighted by molar-refractivity contribution is 0.206. The zero-order chi connectivity index (χ0) is 11.5. The molecule has 15 heavy (non-hydrogen) atoms. The Morgan fingerprint density at radius 3 is 2.67 bits per heavy atom. The van der Waals surface area contributed by atoms with E-state index in [0.717, 1.165) is 15.8 Å². The Bertz CT molecular complexity index is 337. The molecule has 3 nitrogen and oxygen atoms in total. The summed E-state index contributed by atoms with van der Waals surface area (Å²) in [5.41, 5.74) is 6.15. The second kappa shape index (κ2) is 4.96. The van der Waals surface area contributed by atoms with Gasteiger partial charge < -0.3 is 15.6 Å².